The molecule has 0 saturated heterocycles. The van der Waals surface area contributed by atoms with Crippen LogP contribution in [0.25, 0.3) is 0 Å². The summed E-state index contributed by atoms with van der Waals surface area (Å²) in [5.41, 5.74) is -1.67. The normalized spacial score (nSPS) is 31.0. The second kappa shape index (κ2) is 9.75. The molecule has 1 rings (SSSR count). The van der Waals surface area contributed by atoms with E-state index in [4.69, 9.17) is 15.3 Å². The number of hydrogen-bond acceptors (Lipinski definition) is 9. The van der Waals surface area contributed by atoms with Gasteiger partial charge in [0, 0.05) is 13.1 Å². The summed E-state index contributed by atoms with van der Waals surface area (Å²) in [6.45, 7) is -1.54. The van der Waals surface area contributed by atoms with Crippen LogP contribution in [-0.2, 0) is 14.4 Å². The van der Waals surface area contributed by atoms with Crippen LogP contribution in [0.1, 0.15) is 12.8 Å². The minimum Gasteiger partial charge on any atom is -0.481 e. The van der Waals surface area contributed by atoms with Crippen LogP contribution < -0.4 is 16.0 Å². The SMILES string of the molecule is O=C(O)CCNC1C(O)C(NCCC(=O)O)C(CO)(NCC(=O)O)C1O. The molecule has 0 aromatic heterocycles. The molecule has 0 radical (unpaired) electrons. The van der Waals surface area contributed by atoms with Gasteiger partial charge in [-0.3, -0.25) is 19.7 Å². The van der Waals surface area contributed by atoms with Crippen LogP contribution in [0.2, 0.25) is 0 Å². The molecule has 0 bridgehead atoms. The third-order valence-electron chi connectivity index (χ3n) is 4.38. The van der Waals surface area contributed by atoms with Crippen molar-refractivity contribution in [1.82, 2.24) is 16.0 Å². The summed E-state index contributed by atoms with van der Waals surface area (Å²) in [5.74, 6) is -3.45. The lowest BCUT2D eigenvalue weighted by atomic mass is 9.90. The summed E-state index contributed by atoms with van der Waals surface area (Å²) < 4.78 is 0. The molecular weight excluding hydrogens is 354 g/mol. The fourth-order valence-corrected chi connectivity index (χ4v) is 3.12. The second-order valence-electron chi connectivity index (χ2n) is 6.08. The predicted molar refractivity (Wildman–Crippen MR) is 85.6 cm³/mol. The van der Waals surface area contributed by atoms with Crippen LogP contribution in [-0.4, -0.2) is 105 Å². The molecule has 1 fully saturated rings. The molecule has 0 aromatic carbocycles. The zero-order chi connectivity index (χ0) is 19.9. The summed E-state index contributed by atoms with van der Waals surface area (Å²) in [5, 5.41) is 65.1. The van der Waals surface area contributed by atoms with Crippen LogP contribution in [0, 0.1) is 0 Å². The Morgan fingerprint density at radius 1 is 0.885 bits per heavy atom. The molecule has 0 amide bonds. The fourth-order valence-electron chi connectivity index (χ4n) is 3.12. The molecule has 1 aliphatic rings. The molecule has 0 spiro atoms. The number of carbonyl (C=O) groups is 3. The van der Waals surface area contributed by atoms with Crippen LogP contribution in [0.3, 0.4) is 0 Å². The first-order chi connectivity index (χ1) is 12.2. The maximum absolute atomic E-state index is 10.9. The molecule has 1 saturated carbocycles. The van der Waals surface area contributed by atoms with Crippen molar-refractivity contribution in [1.29, 1.82) is 0 Å². The Kier molecular flexibility index (Phi) is 8.33. The Bertz CT molecular complexity index is 518. The quantitative estimate of drug-likeness (QED) is 0.159. The molecule has 5 atom stereocenters. The van der Waals surface area contributed by atoms with Gasteiger partial charge in [0.2, 0.25) is 0 Å². The smallest absolute Gasteiger partial charge is 0.317 e. The average Bonchev–Trinajstić information content (AvgIpc) is 2.74. The van der Waals surface area contributed by atoms with E-state index >= 15 is 0 Å². The van der Waals surface area contributed by atoms with E-state index in [1.54, 1.807) is 0 Å². The number of hydrogen-bond donors (Lipinski definition) is 9. The Labute approximate surface area is 148 Å². The monoisotopic (exact) mass is 379 g/mol. The van der Waals surface area contributed by atoms with Gasteiger partial charge in [0.1, 0.15) is 0 Å². The van der Waals surface area contributed by atoms with Crippen molar-refractivity contribution in [2.45, 2.75) is 42.7 Å². The van der Waals surface area contributed by atoms with Gasteiger partial charge in [-0.15, -0.1) is 0 Å². The number of carboxylic acid groups (broad SMARTS) is 3. The van der Waals surface area contributed by atoms with Crippen LogP contribution in [0.15, 0.2) is 0 Å². The summed E-state index contributed by atoms with van der Waals surface area (Å²) >= 11 is 0. The maximum Gasteiger partial charge on any atom is 0.317 e. The first-order valence-electron chi connectivity index (χ1n) is 8.00. The van der Waals surface area contributed by atoms with Gasteiger partial charge in [0.05, 0.1) is 55.8 Å². The minimum atomic E-state index is -1.67. The predicted octanol–water partition coefficient (Wildman–Crippen LogP) is -4.01. The third-order valence-corrected chi connectivity index (χ3v) is 4.38. The van der Waals surface area contributed by atoms with Crippen LogP contribution in [0.4, 0.5) is 0 Å². The summed E-state index contributed by atoms with van der Waals surface area (Å²) in [6, 6.07) is -2.14. The highest BCUT2D eigenvalue weighted by molar-refractivity contribution is 5.69. The number of aliphatic hydroxyl groups is 3. The highest BCUT2D eigenvalue weighted by Crippen LogP contribution is 2.31. The average molecular weight is 379 g/mol. The molecule has 5 unspecified atom stereocenters. The topological polar surface area (TPSA) is 209 Å². The van der Waals surface area contributed by atoms with E-state index in [1.807, 2.05) is 0 Å². The lowest BCUT2D eigenvalue weighted by Crippen LogP contribution is -2.67. The van der Waals surface area contributed by atoms with Gasteiger partial charge in [-0.1, -0.05) is 0 Å². The number of carboxylic acids is 3. The van der Waals surface area contributed by atoms with Crippen molar-refractivity contribution in [2.24, 2.45) is 0 Å². The zero-order valence-electron chi connectivity index (χ0n) is 14.0. The Morgan fingerprint density at radius 2 is 1.42 bits per heavy atom. The van der Waals surface area contributed by atoms with E-state index in [-0.39, 0.29) is 25.9 Å². The molecule has 12 heteroatoms. The first kappa shape index (κ1) is 22.2. The molecule has 0 heterocycles. The largest absolute Gasteiger partial charge is 0.481 e. The third kappa shape index (κ3) is 5.33. The molecule has 1 aliphatic carbocycles. The van der Waals surface area contributed by atoms with Gasteiger partial charge >= 0.3 is 17.9 Å². The van der Waals surface area contributed by atoms with Gasteiger partial charge in [-0.2, -0.15) is 0 Å². The molecule has 150 valence electrons. The molecule has 12 nitrogen and oxygen atoms in total. The van der Waals surface area contributed by atoms with Crippen molar-refractivity contribution in [3.8, 4) is 0 Å². The summed E-state index contributed by atoms with van der Waals surface area (Å²) in [7, 11) is 0. The van der Waals surface area contributed by atoms with Crippen LogP contribution in [0.5, 0.6) is 0 Å². The van der Waals surface area contributed by atoms with Gasteiger partial charge in [0.15, 0.2) is 0 Å². The first-order valence-corrected chi connectivity index (χ1v) is 8.00. The van der Waals surface area contributed by atoms with Crippen molar-refractivity contribution < 1.29 is 45.0 Å². The van der Waals surface area contributed by atoms with Crippen molar-refractivity contribution >= 4 is 17.9 Å². The molecule has 0 aliphatic heterocycles. The van der Waals surface area contributed by atoms with E-state index in [1.165, 1.54) is 0 Å². The highest BCUT2D eigenvalue weighted by atomic mass is 16.4. The number of nitrogens with one attached hydrogen (secondary N) is 3. The van der Waals surface area contributed by atoms with E-state index < -0.39 is 60.9 Å². The Balaban J connectivity index is 2.98. The van der Waals surface area contributed by atoms with Crippen molar-refractivity contribution in [3.05, 3.63) is 0 Å². The zero-order valence-corrected chi connectivity index (χ0v) is 14.0. The standard InChI is InChI=1S/C14H25N3O9/c18-6-14(17-5-9(23)24)12(16-4-2-8(21)22)11(25)10(13(14)26)15-3-1-7(19)20/h10-13,15-18,25-26H,1-6H2,(H,19,20)(H,21,22)(H,23,24). The van der Waals surface area contributed by atoms with Crippen LogP contribution >= 0.6 is 0 Å². The van der Waals surface area contributed by atoms with E-state index in [0.717, 1.165) is 0 Å². The van der Waals surface area contributed by atoms with E-state index in [2.05, 4.69) is 16.0 Å². The van der Waals surface area contributed by atoms with E-state index in [0.29, 0.717) is 0 Å². The Hall–Kier alpha value is -1.83. The maximum atomic E-state index is 10.9. The second-order valence-corrected chi connectivity index (χ2v) is 6.08. The number of rotatable bonds is 12. The summed E-state index contributed by atoms with van der Waals surface area (Å²) in [6.07, 6.45) is -3.39. The van der Waals surface area contributed by atoms with Crippen molar-refractivity contribution in [2.75, 3.05) is 26.2 Å². The lowest BCUT2D eigenvalue weighted by Gasteiger charge is -2.38. The van der Waals surface area contributed by atoms with Gasteiger partial charge in [-0.05, 0) is 0 Å². The summed E-state index contributed by atoms with van der Waals surface area (Å²) in [4.78, 5) is 32.2. The van der Waals surface area contributed by atoms with E-state index in [9.17, 15) is 29.7 Å². The molecule has 0 aromatic rings. The Morgan fingerprint density at radius 3 is 1.88 bits per heavy atom. The fraction of sp³-hybridized carbons (Fsp3) is 0.786. The number of aliphatic carboxylic acids is 3. The molecule has 26 heavy (non-hydrogen) atoms. The van der Waals surface area contributed by atoms with Gasteiger partial charge < -0.3 is 41.3 Å². The van der Waals surface area contributed by atoms with Gasteiger partial charge in [-0.25, -0.2) is 0 Å². The molecule has 9 N–H and O–H groups in total. The number of aliphatic hydroxyl groups excluding tert-OH is 3. The highest BCUT2D eigenvalue weighted by Gasteiger charge is 2.59. The lowest BCUT2D eigenvalue weighted by molar-refractivity contribution is -0.138. The van der Waals surface area contributed by atoms with Crippen molar-refractivity contribution in [3.63, 3.8) is 0 Å². The molecular formula is C14H25N3O9. The van der Waals surface area contributed by atoms with Gasteiger partial charge in [0.25, 0.3) is 0 Å². The minimum absolute atomic E-state index is 0.0730.